The van der Waals surface area contributed by atoms with Crippen molar-refractivity contribution in [2.45, 2.75) is 19.3 Å². The number of nitrogen functional groups attached to an aromatic ring is 1. The topological polar surface area (TPSA) is 64.8 Å². The van der Waals surface area contributed by atoms with Crippen molar-refractivity contribution in [3.05, 3.63) is 4.88 Å². The lowest BCUT2D eigenvalue weighted by atomic mass is 10.1. The fourth-order valence-electron chi connectivity index (χ4n) is 2.92. The van der Waals surface area contributed by atoms with E-state index in [1.807, 2.05) is 0 Å². The molecule has 116 valence electrons. The van der Waals surface area contributed by atoms with Gasteiger partial charge in [-0.05, 0) is 19.3 Å². The van der Waals surface area contributed by atoms with E-state index in [1.165, 1.54) is 11.3 Å². The highest BCUT2D eigenvalue weighted by Crippen LogP contribution is 2.48. The van der Waals surface area contributed by atoms with Gasteiger partial charge >= 0.3 is 0 Å². The second-order valence-electron chi connectivity index (χ2n) is 5.88. The Morgan fingerprint density at radius 3 is 2.76 bits per heavy atom. The van der Waals surface area contributed by atoms with Gasteiger partial charge in [0.15, 0.2) is 11.5 Å². The predicted molar refractivity (Wildman–Crippen MR) is 84.5 cm³/mol. The lowest BCUT2D eigenvalue weighted by Gasteiger charge is -2.18. The van der Waals surface area contributed by atoms with Crippen LogP contribution in [-0.2, 0) is 4.74 Å². The Balaban J connectivity index is 1.84. The van der Waals surface area contributed by atoms with Crippen LogP contribution in [0.5, 0.6) is 5.75 Å². The number of methoxy groups -OCH3 is 2. The molecule has 2 N–H and O–H groups in total. The summed E-state index contributed by atoms with van der Waals surface area (Å²) in [4.78, 5) is 15.3. The van der Waals surface area contributed by atoms with Crippen LogP contribution in [0.3, 0.4) is 0 Å². The normalized spacial score (nSPS) is 21.8. The zero-order valence-corrected chi connectivity index (χ0v) is 13.4. The molecule has 1 unspecified atom stereocenters. The number of hydrogen-bond acceptors (Lipinski definition) is 6. The van der Waals surface area contributed by atoms with E-state index in [1.54, 1.807) is 14.2 Å². The minimum absolute atomic E-state index is 0.184. The maximum absolute atomic E-state index is 12.3. The third-order valence-electron chi connectivity index (χ3n) is 4.23. The first-order valence-electron chi connectivity index (χ1n) is 7.40. The Hall–Kier alpha value is -1.27. The van der Waals surface area contributed by atoms with Gasteiger partial charge < -0.3 is 20.1 Å². The minimum Gasteiger partial charge on any atom is -0.492 e. The summed E-state index contributed by atoms with van der Waals surface area (Å²) in [6, 6.07) is 0. The summed E-state index contributed by atoms with van der Waals surface area (Å²) in [6.07, 6.45) is 3.08. The van der Waals surface area contributed by atoms with Crippen molar-refractivity contribution in [3.63, 3.8) is 0 Å². The first-order valence-corrected chi connectivity index (χ1v) is 8.21. The molecule has 5 nitrogen and oxygen atoms in total. The lowest BCUT2D eigenvalue weighted by molar-refractivity contribution is 0.0972. The first-order chi connectivity index (χ1) is 10.2. The molecule has 1 atom stereocenters. The van der Waals surface area contributed by atoms with Gasteiger partial charge in [0.2, 0.25) is 0 Å². The molecule has 0 amide bonds. The summed E-state index contributed by atoms with van der Waals surface area (Å²) < 4.78 is 10.7. The van der Waals surface area contributed by atoms with Crippen LogP contribution in [0, 0.1) is 11.8 Å². The second kappa shape index (κ2) is 5.85. The Morgan fingerprint density at radius 1 is 1.38 bits per heavy atom. The number of ether oxygens (including phenoxy) is 2. The van der Waals surface area contributed by atoms with Gasteiger partial charge in [-0.2, -0.15) is 0 Å². The van der Waals surface area contributed by atoms with Crippen LogP contribution in [0.25, 0.3) is 0 Å². The summed E-state index contributed by atoms with van der Waals surface area (Å²) in [6.45, 7) is 2.66. The number of carbonyl (C=O) groups excluding carboxylic acids is 1. The second-order valence-corrected chi connectivity index (χ2v) is 6.88. The Kier molecular flexibility index (Phi) is 4.08. The van der Waals surface area contributed by atoms with E-state index >= 15 is 0 Å². The average Bonchev–Trinajstić information content (AvgIpc) is 3.14. The molecule has 3 rings (SSSR count). The molecule has 1 aliphatic carbocycles. The molecule has 2 fully saturated rings. The van der Waals surface area contributed by atoms with Crippen LogP contribution >= 0.6 is 11.3 Å². The molecule has 2 aliphatic rings. The molecule has 2 heterocycles. The molecule has 1 saturated carbocycles. The highest BCUT2D eigenvalue weighted by atomic mass is 32.1. The van der Waals surface area contributed by atoms with Gasteiger partial charge in [0.05, 0.1) is 24.3 Å². The van der Waals surface area contributed by atoms with E-state index in [4.69, 9.17) is 15.2 Å². The van der Waals surface area contributed by atoms with Gasteiger partial charge in [0, 0.05) is 32.0 Å². The molecule has 0 radical (unpaired) electrons. The van der Waals surface area contributed by atoms with E-state index in [0.29, 0.717) is 22.2 Å². The summed E-state index contributed by atoms with van der Waals surface area (Å²) in [7, 11) is 3.36. The third-order valence-corrected chi connectivity index (χ3v) is 5.50. The number of nitrogens with two attached hydrogens (primary N) is 1. The van der Waals surface area contributed by atoms with Gasteiger partial charge in [0.1, 0.15) is 5.00 Å². The van der Waals surface area contributed by atoms with Crippen molar-refractivity contribution in [1.82, 2.24) is 0 Å². The van der Waals surface area contributed by atoms with Crippen molar-refractivity contribution in [1.29, 1.82) is 0 Å². The number of Topliss-reactive ketones (excluding diaryl/α,β-unsaturated/α-hetero) is 1. The number of thiophene rings is 1. The van der Waals surface area contributed by atoms with Crippen molar-refractivity contribution < 1.29 is 14.3 Å². The number of carbonyl (C=O) groups is 1. The Bertz CT molecular complexity index is 539. The van der Waals surface area contributed by atoms with Gasteiger partial charge in [0.25, 0.3) is 0 Å². The fraction of sp³-hybridized carbons (Fsp3) is 0.667. The number of nitrogens with zero attached hydrogens (tertiary/aromatic N) is 1. The standard InChI is InChI=1S/C15H22N2O3S/c1-19-8-9-5-6-17(7-9)15-13(20-2)11(16)14(21-15)12(18)10-3-4-10/h9-10H,3-8,16H2,1-2H3. The van der Waals surface area contributed by atoms with E-state index in [2.05, 4.69) is 4.90 Å². The maximum Gasteiger partial charge on any atom is 0.178 e. The zero-order chi connectivity index (χ0) is 15.0. The van der Waals surface area contributed by atoms with Gasteiger partial charge in [-0.3, -0.25) is 4.79 Å². The largest absolute Gasteiger partial charge is 0.492 e. The number of ketones is 1. The summed E-state index contributed by atoms with van der Waals surface area (Å²) in [5, 5.41) is 0.998. The maximum atomic E-state index is 12.3. The highest BCUT2D eigenvalue weighted by molar-refractivity contribution is 7.19. The van der Waals surface area contributed by atoms with Crippen LogP contribution < -0.4 is 15.4 Å². The number of rotatable bonds is 6. The van der Waals surface area contributed by atoms with Crippen molar-refractivity contribution in [2.24, 2.45) is 11.8 Å². The van der Waals surface area contributed by atoms with E-state index < -0.39 is 0 Å². The number of hydrogen-bond donors (Lipinski definition) is 1. The minimum atomic E-state index is 0.184. The molecule has 6 heteroatoms. The molecule has 0 aromatic carbocycles. The average molecular weight is 310 g/mol. The monoisotopic (exact) mass is 310 g/mol. The Labute approximate surface area is 129 Å². The summed E-state index contributed by atoms with van der Waals surface area (Å²) in [5.74, 6) is 1.57. The Morgan fingerprint density at radius 2 is 2.14 bits per heavy atom. The molecule has 1 aliphatic heterocycles. The molecule has 1 saturated heterocycles. The molecule has 21 heavy (non-hydrogen) atoms. The molecular formula is C15H22N2O3S. The van der Waals surface area contributed by atoms with Gasteiger partial charge in [-0.1, -0.05) is 0 Å². The third kappa shape index (κ3) is 2.74. The molecule has 1 aromatic rings. The fourth-order valence-corrected chi connectivity index (χ4v) is 4.17. The van der Waals surface area contributed by atoms with Crippen LogP contribution in [0.4, 0.5) is 10.7 Å². The smallest absolute Gasteiger partial charge is 0.178 e. The summed E-state index contributed by atoms with van der Waals surface area (Å²) in [5.41, 5.74) is 6.67. The van der Waals surface area contributed by atoms with E-state index in [0.717, 1.165) is 44.0 Å². The van der Waals surface area contributed by atoms with Crippen molar-refractivity contribution in [2.75, 3.05) is 44.5 Å². The first kappa shape index (κ1) is 14.7. The van der Waals surface area contributed by atoms with E-state index in [-0.39, 0.29) is 11.7 Å². The number of anilines is 2. The van der Waals surface area contributed by atoms with Crippen LogP contribution in [0.1, 0.15) is 28.9 Å². The quantitative estimate of drug-likeness (QED) is 0.817. The van der Waals surface area contributed by atoms with E-state index in [9.17, 15) is 4.79 Å². The van der Waals surface area contributed by atoms with Crippen LogP contribution in [0.15, 0.2) is 0 Å². The molecule has 0 spiro atoms. The summed E-state index contributed by atoms with van der Waals surface area (Å²) >= 11 is 1.49. The zero-order valence-electron chi connectivity index (χ0n) is 12.6. The predicted octanol–water partition coefficient (Wildman–Crippen LogP) is 2.40. The molecule has 1 aromatic heterocycles. The molecular weight excluding hydrogens is 288 g/mol. The van der Waals surface area contributed by atoms with Crippen LogP contribution in [-0.4, -0.2) is 39.7 Å². The molecule has 0 bridgehead atoms. The van der Waals surface area contributed by atoms with Gasteiger partial charge in [-0.25, -0.2) is 0 Å². The van der Waals surface area contributed by atoms with Crippen molar-refractivity contribution in [3.8, 4) is 5.75 Å². The highest BCUT2D eigenvalue weighted by Gasteiger charge is 2.36. The lowest BCUT2D eigenvalue weighted by Crippen LogP contribution is -2.20. The SMILES string of the molecule is COCC1CCN(c2sc(C(=O)C3CC3)c(N)c2OC)C1. The van der Waals surface area contributed by atoms with Gasteiger partial charge in [-0.15, -0.1) is 11.3 Å². The van der Waals surface area contributed by atoms with Crippen molar-refractivity contribution >= 4 is 27.8 Å². The van der Waals surface area contributed by atoms with Crippen LogP contribution in [0.2, 0.25) is 0 Å².